The third-order valence-corrected chi connectivity index (χ3v) is 3.71. The number of carbonyl (C=O) groups is 2. The summed E-state index contributed by atoms with van der Waals surface area (Å²) in [6.07, 6.45) is -0.658. The van der Waals surface area contributed by atoms with E-state index >= 15 is 0 Å². The average Bonchev–Trinajstić information content (AvgIpc) is 3.04. The van der Waals surface area contributed by atoms with Gasteiger partial charge < -0.3 is 20.2 Å². The fraction of sp³-hybridized carbons (Fsp3) is 0.333. The molecule has 1 aromatic carbocycles. The number of carbonyl (C=O) groups excluding carboxylic acids is 2. The predicted octanol–water partition coefficient (Wildman–Crippen LogP) is 1.90. The first-order valence-electron chi connectivity index (χ1n) is 7.81. The van der Waals surface area contributed by atoms with Gasteiger partial charge in [0.2, 0.25) is 0 Å². The van der Waals surface area contributed by atoms with Gasteiger partial charge in [-0.25, -0.2) is 0 Å². The van der Waals surface area contributed by atoms with E-state index in [1.807, 2.05) is 37.3 Å². The molecule has 6 heteroatoms. The lowest BCUT2D eigenvalue weighted by molar-refractivity contribution is 0.0917. The van der Waals surface area contributed by atoms with Crippen LogP contribution >= 0.6 is 0 Å². The Hall–Kier alpha value is -2.60. The number of hydrogen-bond acceptors (Lipinski definition) is 4. The molecule has 2 aromatic rings. The molecule has 3 N–H and O–H groups in total. The summed E-state index contributed by atoms with van der Waals surface area (Å²) in [5.41, 5.74) is 1.27. The first kappa shape index (κ1) is 17.7. The van der Waals surface area contributed by atoms with Crippen molar-refractivity contribution >= 4 is 11.8 Å². The Balaban J connectivity index is 2.38. The molecule has 0 saturated carbocycles. The van der Waals surface area contributed by atoms with Gasteiger partial charge in [0.25, 0.3) is 11.8 Å². The summed E-state index contributed by atoms with van der Waals surface area (Å²) in [6.45, 7) is 3.62. The Morgan fingerprint density at radius 1 is 1.17 bits per heavy atom. The van der Waals surface area contributed by atoms with Crippen LogP contribution in [0.15, 0.2) is 40.8 Å². The highest BCUT2D eigenvalue weighted by Gasteiger charge is 2.25. The van der Waals surface area contributed by atoms with E-state index in [-0.39, 0.29) is 24.1 Å². The summed E-state index contributed by atoms with van der Waals surface area (Å²) >= 11 is 0. The van der Waals surface area contributed by atoms with Crippen molar-refractivity contribution in [3.8, 4) is 0 Å². The van der Waals surface area contributed by atoms with Gasteiger partial charge >= 0.3 is 0 Å². The lowest BCUT2D eigenvalue weighted by Gasteiger charge is -2.12. The second kappa shape index (κ2) is 7.79. The molecular formula is C18H22N2O4. The van der Waals surface area contributed by atoms with Crippen molar-refractivity contribution in [3.05, 3.63) is 59.0 Å². The lowest BCUT2D eigenvalue weighted by Crippen LogP contribution is -2.31. The Morgan fingerprint density at radius 3 is 2.42 bits per heavy atom. The molecule has 0 aliphatic carbocycles. The molecular weight excluding hydrogens is 308 g/mol. The summed E-state index contributed by atoms with van der Waals surface area (Å²) in [7, 11) is 1.50. The maximum atomic E-state index is 12.4. The minimum absolute atomic E-state index is 0.0810. The van der Waals surface area contributed by atoms with Crippen LogP contribution in [-0.2, 0) is 0 Å². The van der Waals surface area contributed by atoms with Crippen LogP contribution in [0.4, 0.5) is 0 Å². The Labute approximate surface area is 140 Å². The zero-order valence-electron chi connectivity index (χ0n) is 14.0. The highest BCUT2D eigenvalue weighted by molar-refractivity contribution is 5.99. The molecule has 2 atom stereocenters. The van der Waals surface area contributed by atoms with Gasteiger partial charge in [0.15, 0.2) is 5.76 Å². The molecule has 6 nitrogen and oxygen atoms in total. The second-order valence-corrected chi connectivity index (χ2v) is 5.66. The number of nitrogens with one attached hydrogen (secondary N) is 2. The quantitative estimate of drug-likeness (QED) is 0.754. The van der Waals surface area contributed by atoms with Crippen LogP contribution in [0.2, 0.25) is 0 Å². The van der Waals surface area contributed by atoms with E-state index in [1.54, 1.807) is 6.92 Å². The van der Waals surface area contributed by atoms with Crippen molar-refractivity contribution in [1.29, 1.82) is 0 Å². The lowest BCUT2D eigenvalue weighted by atomic mass is 9.96. The van der Waals surface area contributed by atoms with Gasteiger partial charge in [-0.05, 0) is 12.5 Å². The molecule has 128 valence electrons. The molecule has 0 radical (unpaired) electrons. The Kier molecular flexibility index (Phi) is 5.76. The number of furan rings is 1. The molecule has 0 saturated heterocycles. The van der Waals surface area contributed by atoms with Crippen LogP contribution in [0.25, 0.3) is 0 Å². The minimum atomic E-state index is -0.658. The van der Waals surface area contributed by atoms with Crippen LogP contribution in [0, 0.1) is 0 Å². The van der Waals surface area contributed by atoms with Crippen molar-refractivity contribution in [2.75, 3.05) is 13.6 Å². The van der Waals surface area contributed by atoms with E-state index < -0.39 is 12.0 Å². The van der Waals surface area contributed by atoms with Crippen molar-refractivity contribution in [3.63, 3.8) is 0 Å². The van der Waals surface area contributed by atoms with Gasteiger partial charge in [0.1, 0.15) is 5.76 Å². The van der Waals surface area contributed by atoms with Crippen molar-refractivity contribution < 1.29 is 19.1 Å². The predicted molar refractivity (Wildman–Crippen MR) is 90.1 cm³/mol. The summed E-state index contributed by atoms with van der Waals surface area (Å²) in [5.74, 6) is -0.476. The van der Waals surface area contributed by atoms with Crippen LogP contribution in [0.1, 0.15) is 52.0 Å². The Bertz CT molecular complexity index is 707. The molecule has 2 amide bonds. The van der Waals surface area contributed by atoms with Crippen LogP contribution in [-0.4, -0.2) is 36.6 Å². The van der Waals surface area contributed by atoms with E-state index in [1.165, 1.54) is 13.1 Å². The fourth-order valence-corrected chi connectivity index (χ4v) is 2.37. The summed E-state index contributed by atoms with van der Waals surface area (Å²) in [6, 6.07) is 11.0. The number of aliphatic hydroxyl groups excluding tert-OH is 1. The second-order valence-electron chi connectivity index (χ2n) is 5.66. The topological polar surface area (TPSA) is 91.6 Å². The van der Waals surface area contributed by atoms with Gasteiger partial charge in [-0.1, -0.05) is 37.3 Å². The molecule has 1 heterocycles. The molecule has 0 aliphatic heterocycles. The third-order valence-electron chi connectivity index (χ3n) is 3.71. The third kappa shape index (κ3) is 4.02. The van der Waals surface area contributed by atoms with Gasteiger partial charge in [0.05, 0.1) is 11.7 Å². The molecule has 2 rings (SSSR count). The minimum Gasteiger partial charge on any atom is -0.454 e. The van der Waals surface area contributed by atoms with E-state index in [9.17, 15) is 14.7 Å². The van der Waals surface area contributed by atoms with E-state index in [0.717, 1.165) is 5.56 Å². The highest BCUT2D eigenvalue weighted by atomic mass is 16.4. The van der Waals surface area contributed by atoms with Crippen LogP contribution in [0.5, 0.6) is 0 Å². The van der Waals surface area contributed by atoms with Crippen molar-refractivity contribution in [2.45, 2.75) is 25.9 Å². The zero-order valence-corrected chi connectivity index (χ0v) is 14.0. The van der Waals surface area contributed by atoms with E-state index in [2.05, 4.69) is 10.6 Å². The van der Waals surface area contributed by atoms with Crippen molar-refractivity contribution in [2.24, 2.45) is 0 Å². The maximum Gasteiger partial charge on any atom is 0.286 e. The number of amides is 2. The highest BCUT2D eigenvalue weighted by Crippen LogP contribution is 2.29. The fourth-order valence-electron chi connectivity index (χ4n) is 2.37. The van der Waals surface area contributed by atoms with E-state index in [0.29, 0.717) is 11.3 Å². The van der Waals surface area contributed by atoms with E-state index in [4.69, 9.17) is 4.42 Å². The molecule has 0 bridgehead atoms. The van der Waals surface area contributed by atoms with Gasteiger partial charge in [-0.15, -0.1) is 0 Å². The van der Waals surface area contributed by atoms with Crippen LogP contribution < -0.4 is 10.6 Å². The van der Waals surface area contributed by atoms with Crippen molar-refractivity contribution in [1.82, 2.24) is 10.6 Å². The zero-order chi connectivity index (χ0) is 17.7. The normalized spacial score (nSPS) is 13.2. The number of aliphatic hydroxyl groups is 1. The number of benzene rings is 1. The van der Waals surface area contributed by atoms with Gasteiger partial charge in [-0.3, -0.25) is 9.59 Å². The van der Waals surface area contributed by atoms with Gasteiger partial charge in [0, 0.05) is 25.6 Å². The number of hydrogen-bond donors (Lipinski definition) is 3. The molecule has 0 aliphatic rings. The Morgan fingerprint density at radius 2 is 1.83 bits per heavy atom. The first-order valence-corrected chi connectivity index (χ1v) is 7.81. The summed E-state index contributed by atoms with van der Waals surface area (Å²) in [4.78, 5) is 24.3. The SMILES string of the molecule is CNC(=O)c1cc(C(=O)NCC(C)O)c([C@@H](C)c2ccccc2)o1. The monoisotopic (exact) mass is 330 g/mol. The molecule has 24 heavy (non-hydrogen) atoms. The first-order chi connectivity index (χ1) is 11.4. The molecule has 0 spiro atoms. The summed E-state index contributed by atoms with van der Waals surface area (Å²) < 4.78 is 5.68. The molecule has 0 fully saturated rings. The van der Waals surface area contributed by atoms with Crippen LogP contribution in [0.3, 0.4) is 0 Å². The number of rotatable bonds is 6. The molecule has 1 aromatic heterocycles. The average molecular weight is 330 g/mol. The largest absolute Gasteiger partial charge is 0.454 e. The smallest absolute Gasteiger partial charge is 0.286 e. The summed E-state index contributed by atoms with van der Waals surface area (Å²) in [5, 5.41) is 14.5. The maximum absolute atomic E-state index is 12.4. The standard InChI is InChI=1S/C18H22N2O4/c1-11(21)10-20-17(22)14-9-15(18(23)19-3)24-16(14)12(2)13-7-5-4-6-8-13/h4-9,11-12,21H,10H2,1-3H3,(H,19,23)(H,20,22)/t11?,12-/m0/s1. The van der Waals surface area contributed by atoms with Gasteiger partial charge in [-0.2, -0.15) is 0 Å². The molecule has 1 unspecified atom stereocenters.